The number of Topliss-reactive ketones (excluding diaryl/α,β-unsaturated/α-hetero) is 1. The molecule has 1 aliphatic rings. The van der Waals surface area contributed by atoms with Crippen molar-refractivity contribution < 1.29 is 17.6 Å². The molecule has 0 aliphatic carbocycles. The third-order valence-electron chi connectivity index (χ3n) is 3.42. The Kier molecular flexibility index (Phi) is 3.06. The Bertz CT molecular complexity index is 828. The molecule has 0 fully saturated rings. The van der Waals surface area contributed by atoms with Crippen LogP contribution in [0.5, 0.6) is 0 Å². The first kappa shape index (κ1) is 13.8. The SMILES string of the molecule is Cc1ccc(S(=O)(=O)N2CC(=O)c3cc(F)ccc32)cc1. The summed E-state index contributed by atoms with van der Waals surface area (Å²) in [6.07, 6.45) is 0. The van der Waals surface area contributed by atoms with Crippen molar-refractivity contribution in [1.82, 2.24) is 0 Å². The van der Waals surface area contributed by atoms with Crippen molar-refractivity contribution in [2.24, 2.45) is 0 Å². The lowest BCUT2D eigenvalue weighted by atomic mass is 10.1. The third kappa shape index (κ3) is 2.21. The number of fused-ring (bicyclic) bond motifs is 1. The molecule has 0 saturated heterocycles. The minimum atomic E-state index is -3.82. The average molecular weight is 305 g/mol. The fourth-order valence-electron chi connectivity index (χ4n) is 2.30. The molecule has 6 heteroatoms. The minimum Gasteiger partial charge on any atom is -0.292 e. The normalized spacial score (nSPS) is 14.4. The van der Waals surface area contributed by atoms with Crippen LogP contribution in [-0.4, -0.2) is 20.7 Å². The molecule has 0 atom stereocenters. The molecule has 0 amide bonds. The van der Waals surface area contributed by atoms with Gasteiger partial charge in [-0.25, -0.2) is 12.8 Å². The van der Waals surface area contributed by atoms with Gasteiger partial charge in [-0.1, -0.05) is 17.7 Å². The first-order valence-corrected chi connectivity index (χ1v) is 7.76. The molecule has 0 bridgehead atoms. The van der Waals surface area contributed by atoms with Gasteiger partial charge in [0.2, 0.25) is 0 Å². The summed E-state index contributed by atoms with van der Waals surface area (Å²) in [7, 11) is -3.82. The van der Waals surface area contributed by atoms with Gasteiger partial charge in [0.05, 0.1) is 17.1 Å². The standard InChI is InChI=1S/C15H12FNO3S/c1-10-2-5-12(6-3-10)21(19,20)17-9-15(18)13-8-11(16)4-7-14(13)17/h2-8H,9H2,1H3. The third-order valence-corrected chi connectivity index (χ3v) is 5.20. The maximum atomic E-state index is 13.2. The number of sulfonamides is 1. The predicted octanol–water partition coefficient (Wildman–Crippen LogP) is 2.53. The smallest absolute Gasteiger partial charge is 0.264 e. The van der Waals surface area contributed by atoms with Gasteiger partial charge in [-0.2, -0.15) is 0 Å². The molecular formula is C15H12FNO3S. The number of halogens is 1. The number of carbonyl (C=O) groups excluding carboxylic acids is 1. The van der Waals surface area contributed by atoms with Crippen LogP contribution in [0.1, 0.15) is 15.9 Å². The molecule has 0 spiro atoms. The highest BCUT2D eigenvalue weighted by molar-refractivity contribution is 7.93. The lowest BCUT2D eigenvalue weighted by Crippen LogP contribution is -2.30. The molecule has 1 aliphatic heterocycles. The Hall–Kier alpha value is -2.21. The summed E-state index contributed by atoms with van der Waals surface area (Å²) in [5.74, 6) is -0.961. The number of ketones is 1. The van der Waals surface area contributed by atoms with Crippen LogP contribution in [0.2, 0.25) is 0 Å². The second kappa shape index (κ2) is 4.66. The number of aryl methyl sites for hydroxylation is 1. The number of hydrogen-bond acceptors (Lipinski definition) is 3. The van der Waals surface area contributed by atoms with Gasteiger partial charge in [-0.05, 0) is 37.3 Å². The lowest BCUT2D eigenvalue weighted by molar-refractivity contribution is 0.101. The average Bonchev–Trinajstić information content (AvgIpc) is 2.77. The van der Waals surface area contributed by atoms with E-state index < -0.39 is 21.6 Å². The molecule has 3 rings (SSSR count). The molecule has 21 heavy (non-hydrogen) atoms. The van der Waals surface area contributed by atoms with Gasteiger partial charge in [0.15, 0.2) is 5.78 Å². The van der Waals surface area contributed by atoms with Crippen LogP contribution in [0, 0.1) is 12.7 Å². The van der Waals surface area contributed by atoms with Gasteiger partial charge < -0.3 is 0 Å². The van der Waals surface area contributed by atoms with E-state index in [4.69, 9.17) is 0 Å². The van der Waals surface area contributed by atoms with E-state index in [9.17, 15) is 17.6 Å². The molecule has 0 aromatic heterocycles. The number of carbonyl (C=O) groups is 1. The van der Waals surface area contributed by atoms with E-state index in [0.717, 1.165) is 22.0 Å². The van der Waals surface area contributed by atoms with Crippen molar-refractivity contribution in [2.75, 3.05) is 10.8 Å². The highest BCUT2D eigenvalue weighted by atomic mass is 32.2. The fraction of sp³-hybridized carbons (Fsp3) is 0.133. The van der Waals surface area contributed by atoms with E-state index in [-0.39, 0.29) is 22.7 Å². The molecule has 108 valence electrons. The number of benzene rings is 2. The zero-order valence-corrected chi connectivity index (χ0v) is 12.0. The van der Waals surface area contributed by atoms with E-state index >= 15 is 0 Å². The number of nitrogens with zero attached hydrogens (tertiary/aromatic N) is 1. The van der Waals surface area contributed by atoms with Gasteiger partial charge in [-0.3, -0.25) is 9.10 Å². The highest BCUT2D eigenvalue weighted by Gasteiger charge is 2.35. The summed E-state index contributed by atoms with van der Waals surface area (Å²) in [5, 5.41) is 0. The monoisotopic (exact) mass is 305 g/mol. The second-order valence-electron chi connectivity index (χ2n) is 4.91. The zero-order valence-electron chi connectivity index (χ0n) is 11.2. The molecule has 4 nitrogen and oxygen atoms in total. The van der Waals surface area contributed by atoms with Crippen molar-refractivity contribution in [3.8, 4) is 0 Å². The molecule has 1 heterocycles. The van der Waals surface area contributed by atoms with Crippen molar-refractivity contribution in [1.29, 1.82) is 0 Å². The van der Waals surface area contributed by atoms with Gasteiger partial charge in [-0.15, -0.1) is 0 Å². The van der Waals surface area contributed by atoms with E-state index in [2.05, 4.69) is 0 Å². The van der Waals surface area contributed by atoms with Gasteiger partial charge in [0.1, 0.15) is 5.82 Å². The van der Waals surface area contributed by atoms with E-state index in [1.165, 1.54) is 18.2 Å². The first-order valence-electron chi connectivity index (χ1n) is 6.32. The van der Waals surface area contributed by atoms with Gasteiger partial charge >= 0.3 is 0 Å². The lowest BCUT2D eigenvalue weighted by Gasteiger charge is -2.18. The van der Waals surface area contributed by atoms with Crippen molar-refractivity contribution >= 4 is 21.5 Å². The summed E-state index contributed by atoms with van der Waals surface area (Å²) in [4.78, 5) is 12.0. The van der Waals surface area contributed by atoms with Crippen LogP contribution in [-0.2, 0) is 10.0 Å². The summed E-state index contributed by atoms with van der Waals surface area (Å²) >= 11 is 0. The van der Waals surface area contributed by atoms with Crippen LogP contribution >= 0.6 is 0 Å². The highest BCUT2D eigenvalue weighted by Crippen LogP contribution is 2.33. The van der Waals surface area contributed by atoms with Gasteiger partial charge in [0, 0.05) is 5.56 Å². The van der Waals surface area contributed by atoms with Crippen molar-refractivity contribution in [3.05, 3.63) is 59.4 Å². The predicted molar refractivity (Wildman–Crippen MR) is 76.4 cm³/mol. The second-order valence-corrected chi connectivity index (χ2v) is 6.77. The van der Waals surface area contributed by atoms with E-state index in [1.807, 2.05) is 6.92 Å². The summed E-state index contributed by atoms with van der Waals surface area (Å²) in [5.41, 5.74) is 1.27. The Labute approximate surface area is 121 Å². The van der Waals surface area contributed by atoms with Crippen molar-refractivity contribution in [3.63, 3.8) is 0 Å². The molecule has 0 radical (unpaired) electrons. The van der Waals surface area contributed by atoms with Gasteiger partial charge in [0.25, 0.3) is 10.0 Å². The maximum absolute atomic E-state index is 13.2. The number of anilines is 1. The van der Waals surface area contributed by atoms with E-state index in [1.54, 1.807) is 12.1 Å². The summed E-state index contributed by atoms with van der Waals surface area (Å²) in [6, 6.07) is 9.92. The Morgan fingerprint density at radius 2 is 1.76 bits per heavy atom. The Morgan fingerprint density at radius 3 is 2.43 bits per heavy atom. The van der Waals surface area contributed by atoms with E-state index in [0.29, 0.717) is 0 Å². The maximum Gasteiger partial charge on any atom is 0.264 e. The molecule has 2 aromatic rings. The van der Waals surface area contributed by atoms with Crippen LogP contribution in [0.25, 0.3) is 0 Å². The largest absolute Gasteiger partial charge is 0.292 e. The summed E-state index contributed by atoms with van der Waals surface area (Å²) < 4.78 is 39.5. The van der Waals surface area contributed by atoms with Crippen molar-refractivity contribution in [2.45, 2.75) is 11.8 Å². The Morgan fingerprint density at radius 1 is 1.10 bits per heavy atom. The fourth-order valence-corrected chi connectivity index (χ4v) is 3.74. The topological polar surface area (TPSA) is 54.5 Å². The summed E-state index contributed by atoms with van der Waals surface area (Å²) in [6.45, 7) is 1.56. The zero-order chi connectivity index (χ0) is 15.2. The molecule has 0 N–H and O–H groups in total. The van der Waals surface area contributed by atoms with Crippen LogP contribution < -0.4 is 4.31 Å². The Balaban J connectivity index is 2.10. The van der Waals surface area contributed by atoms with Crippen LogP contribution in [0.4, 0.5) is 10.1 Å². The molecular weight excluding hydrogens is 293 g/mol. The minimum absolute atomic E-state index is 0.102. The molecule has 0 saturated carbocycles. The van der Waals surface area contributed by atoms with Crippen LogP contribution in [0.3, 0.4) is 0 Å². The molecule has 2 aromatic carbocycles. The quantitative estimate of drug-likeness (QED) is 0.856. The first-order chi connectivity index (χ1) is 9.89. The molecule has 0 unspecified atom stereocenters. The number of hydrogen-bond donors (Lipinski definition) is 0. The van der Waals surface area contributed by atoms with Crippen LogP contribution in [0.15, 0.2) is 47.4 Å². The number of rotatable bonds is 2.